The number of nitrogens with two attached hydrogens (primary N) is 1. The number of aromatic nitrogens is 5. The van der Waals surface area contributed by atoms with Crippen molar-refractivity contribution in [2.24, 2.45) is 5.10 Å². The van der Waals surface area contributed by atoms with Crippen molar-refractivity contribution in [2.75, 3.05) is 18.8 Å². The van der Waals surface area contributed by atoms with Crippen LogP contribution in [0.2, 0.25) is 0 Å². The number of nitrogen functional groups attached to an aromatic ring is 1. The van der Waals surface area contributed by atoms with Crippen molar-refractivity contribution in [3.8, 4) is 5.82 Å². The van der Waals surface area contributed by atoms with Crippen LogP contribution in [0.3, 0.4) is 0 Å². The first-order chi connectivity index (χ1) is 18.2. The lowest BCUT2D eigenvalue weighted by atomic mass is 9.97. The summed E-state index contributed by atoms with van der Waals surface area (Å²) in [5.41, 5.74) is 10.2. The number of quaternary nitrogens is 1. The number of rotatable bonds is 6. The van der Waals surface area contributed by atoms with Crippen LogP contribution in [0.4, 0.5) is 5.82 Å². The van der Waals surface area contributed by atoms with E-state index < -0.39 is 5.91 Å². The molecule has 3 heterocycles. The Balaban J connectivity index is 1.32. The van der Waals surface area contributed by atoms with Crippen molar-refractivity contribution in [1.29, 1.82) is 0 Å². The summed E-state index contributed by atoms with van der Waals surface area (Å²) in [6, 6.07) is 18.4. The molecule has 0 aliphatic carbocycles. The normalized spacial score (nSPS) is 14.6. The van der Waals surface area contributed by atoms with Crippen LogP contribution in [0.25, 0.3) is 27.4 Å². The summed E-state index contributed by atoms with van der Waals surface area (Å²) in [4.78, 5) is 14.6. The number of benzene rings is 3. The van der Waals surface area contributed by atoms with Crippen LogP contribution in [-0.4, -0.2) is 50.5 Å². The molecule has 4 N–H and O–H groups in total. The first-order valence-electron chi connectivity index (χ1n) is 12.3. The van der Waals surface area contributed by atoms with Crippen LogP contribution < -0.4 is 16.1 Å². The monoisotopic (exact) mass is 496 g/mol. The molecular weight excluding hydrogens is 470 g/mol. The van der Waals surface area contributed by atoms with E-state index >= 15 is 0 Å². The lowest BCUT2D eigenvalue weighted by Crippen LogP contribution is -3.11. The zero-order chi connectivity index (χ0) is 25.2. The van der Waals surface area contributed by atoms with Crippen molar-refractivity contribution in [2.45, 2.75) is 25.8 Å². The van der Waals surface area contributed by atoms with Crippen LogP contribution in [0.5, 0.6) is 0 Å². The van der Waals surface area contributed by atoms with Gasteiger partial charge in [-0.3, -0.25) is 4.79 Å². The summed E-state index contributed by atoms with van der Waals surface area (Å²) >= 11 is 0. The Morgan fingerprint density at radius 2 is 1.76 bits per heavy atom. The molecule has 0 spiro atoms. The molecule has 0 unspecified atom stereocenters. The minimum absolute atomic E-state index is 0.0765. The third kappa shape index (κ3) is 4.40. The molecule has 3 aromatic carbocycles. The molecular formula is C26H26N9O2+. The van der Waals surface area contributed by atoms with Crippen LogP contribution in [-0.2, 0) is 6.54 Å². The van der Waals surface area contributed by atoms with Gasteiger partial charge in [-0.15, -0.1) is 5.10 Å². The van der Waals surface area contributed by atoms with Gasteiger partial charge in [0.05, 0.1) is 19.3 Å². The van der Waals surface area contributed by atoms with E-state index in [2.05, 4.69) is 49.4 Å². The SMILES string of the molecule is Nc1nonc1-n1nnc(C(=O)NN=Cc2c3ccccc3cc3ccccc23)c1C[NH+]1CCCCC1. The topological polar surface area (TPSA) is 142 Å². The predicted octanol–water partition coefficient (Wildman–Crippen LogP) is 1.87. The highest BCUT2D eigenvalue weighted by molar-refractivity contribution is 6.13. The van der Waals surface area contributed by atoms with E-state index in [0.29, 0.717) is 12.2 Å². The molecule has 11 nitrogen and oxygen atoms in total. The average Bonchev–Trinajstić information content (AvgIpc) is 3.54. The number of anilines is 1. The fraction of sp³-hybridized carbons (Fsp3) is 0.231. The standard InChI is InChI=1S/C26H25N9O2/c27-24-25(32-37-31-24)35-22(16-34-12-6-1-7-13-34)23(29-33-35)26(36)30-28-15-21-19-10-4-2-8-17(19)14-18-9-3-5-11-20(18)21/h2-5,8-11,14-15H,1,6-7,12-13,16H2,(H2,27,31)(H,30,36)/p+1. The Labute approximate surface area is 211 Å². The second-order valence-electron chi connectivity index (χ2n) is 9.19. The number of amides is 1. The Bertz CT molecular complexity index is 1560. The first-order valence-corrected chi connectivity index (χ1v) is 12.3. The number of fused-ring (bicyclic) bond motifs is 2. The molecule has 2 aromatic heterocycles. The van der Waals surface area contributed by atoms with E-state index in [1.165, 1.54) is 16.0 Å². The summed E-state index contributed by atoms with van der Waals surface area (Å²) in [6.45, 7) is 2.55. The van der Waals surface area contributed by atoms with Gasteiger partial charge in [0.2, 0.25) is 11.6 Å². The third-order valence-corrected chi connectivity index (χ3v) is 6.83. The summed E-state index contributed by atoms with van der Waals surface area (Å²) in [7, 11) is 0. The number of carbonyl (C=O) groups is 1. The summed E-state index contributed by atoms with van der Waals surface area (Å²) in [5, 5.41) is 24.4. The van der Waals surface area contributed by atoms with Gasteiger partial charge in [0.25, 0.3) is 5.91 Å². The minimum Gasteiger partial charge on any atom is -0.378 e. The summed E-state index contributed by atoms with van der Waals surface area (Å²) < 4.78 is 6.19. The van der Waals surface area contributed by atoms with Crippen molar-refractivity contribution >= 4 is 39.5 Å². The highest BCUT2D eigenvalue weighted by atomic mass is 16.6. The van der Waals surface area contributed by atoms with Gasteiger partial charge in [-0.2, -0.15) is 9.78 Å². The Morgan fingerprint density at radius 3 is 2.43 bits per heavy atom. The maximum Gasteiger partial charge on any atom is 0.294 e. The van der Waals surface area contributed by atoms with Crippen molar-refractivity contribution in [1.82, 2.24) is 30.7 Å². The molecule has 6 rings (SSSR count). The first kappa shape index (κ1) is 22.8. The number of hydrogen-bond donors (Lipinski definition) is 3. The fourth-order valence-electron chi connectivity index (χ4n) is 5.01. The van der Waals surface area contributed by atoms with Crippen molar-refractivity contribution < 1.29 is 14.3 Å². The van der Waals surface area contributed by atoms with Crippen LogP contribution in [0, 0.1) is 0 Å². The molecule has 0 bridgehead atoms. The average molecular weight is 497 g/mol. The number of hydrazone groups is 1. The summed E-state index contributed by atoms with van der Waals surface area (Å²) in [5.74, 6) is -0.176. The van der Waals surface area contributed by atoms with Crippen LogP contribution in [0.15, 0.2) is 64.3 Å². The number of carbonyl (C=O) groups excluding carboxylic acids is 1. The number of hydrogen-bond acceptors (Lipinski definition) is 8. The lowest BCUT2D eigenvalue weighted by Gasteiger charge is -2.23. The van der Waals surface area contributed by atoms with E-state index in [9.17, 15) is 4.79 Å². The smallest absolute Gasteiger partial charge is 0.294 e. The van der Waals surface area contributed by atoms with Gasteiger partial charge in [-0.25, -0.2) is 10.1 Å². The van der Waals surface area contributed by atoms with E-state index in [1.54, 1.807) is 6.21 Å². The highest BCUT2D eigenvalue weighted by Crippen LogP contribution is 2.27. The molecule has 37 heavy (non-hydrogen) atoms. The molecule has 0 radical (unpaired) electrons. The van der Waals surface area contributed by atoms with Crippen molar-refractivity contribution in [3.05, 3.63) is 71.5 Å². The van der Waals surface area contributed by atoms with E-state index in [-0.39, 0.29) is 17.3 Å². The Hall–Kier alpha value is -4.64. The van der Waals surface area contributed by atoms with E-state index in [4.69, 9.17) is 10.4 Å². The molecule has 5 aromatic rings. The van der Waals surface area contributed by atoms with Crippen molar-refractivity contribution in [3.63, 3.8) is 0 Å². The minimum atomic E-state index is -0.464. The van der Waals surface area contributed by atoms with Crippen LogP contribution in [0.1, 0.15) is 41.0 Å². The van der Waals surface area contributed by atoms with Crippen LogP contribution >= 0.6 is 0 Å². The second-order valence-corrected chi connectivity index (χ2v) is 9.19. The fourth-order valence-corrected chi connectivity index (χ4v) is 5.01. The van der Waals surface area contributed by atoms with Gasteiger partial charge in [0.15, 0.2) is 5.69 Å². The zero-order valence-corrected chi connectivity index (χ0v) is 20.1. The second kappa shape index (κ2) is 9.78. The maximum absolute atomic E-state index is 13.3. The molecule has 1 amide bonds. The summed E-state index contributed by atoms with van der Waals surface area (Å²) in [6.07, 6.45) is 5.17. The molecule has 186 valence electrons. The number of nitrogens with one attached hydrogen (secondary N) is 2. The Morgan fingerprint density at radius 1 is 1.05 bits per heavy atom. The maximum atomic E-state index is 13.3. The Kier molecular flexibility index (Phi) is 6.03. The van der Waals surface area contributed by atoms with Gasteiger partial charge in [-0.1, -0.05) is 53.7 Å². The number of likely N-dealkylation sites (tertiary alicyclic amines) is 1. The molecule has 1 fully saturated rings. The van der Waals surface area contributed by atoms with Gasteiger partial charge >= 0.3 is 0 Å². The van der Waals surface area contributed by atoms with E-state index in [0.717, 1.165) is 53.0 Å². The van der Waals surface area contributed by atoms with E-state index in [1.807, 2.05) is 36.4 Å². The highest BCUT2D eigenvalue weighted by Gasteiger charge is 2.28. The van der Waals surface area contributed by atoms with Gasteiger partial charge in [-0.05, 0) is 57.2 Å². The number of piperidine rings is 1. The molecule has 1 aliphatic heterocycles. The zero-order valence-electron chi connectivity index (χ0n) is 20.1. The number of nitrogens with zero attached hydrogens (tertiary/aromatic N) is 6. The molecule has 1 saturated heterocycles. The molecule has 0 atom stereocenters. The van der Waals surface area contributed by atoms with Gasteiger partial charge in [0.1, 0.15) is 12.2 Å². The molecule has 11 heteroatoms. The largest absolute Gasteiger partial charge is 0.378 e. The quantitative estimate of drug-likeness (QED) is 0.185. The molecule has 0 saturated carbocycles. The molecule has 1 aliphatic rings. The van der Waals surface area contributed by atoms with Gasteiger partial charge in [0, 0.05) is 5.56 Å². The predicted molar refractivity (Wildman–Crippen MR) is 138 cm³/mol. The lowest BCUT2D eigenvalue weighted by molar-refractivity contribution is -0.918. The third-order valence-electron chi connectivity index (χ3n) is 6.83. The van der Waals surface area contributed by atoms with Gasteiger partial charge < -0.3 is 10.6 Å².